The molecule has 0 saturated heterocycles. The fourth-order valence-electron chi connectivity index (χ4n) is 2.22. The van der Waals surface area contributed by atoms with Crippen LogP contribution in [0.1, 0.15) is 24.4 Å². The molecule has 0 unspecified atom stereocenters. The molecule has 0 saturated carbocycles. The van der Waals surface area contributed by atoms with E-state index < -0.39 is 6.10 Å². The van der Waals surface area contributed by atoms with Crippen molar-refractivity contribution < 1.29 is 10.2 Å². The van der Waals surface area contributed by atoms with Crippen molar-refractivity contribution in [1.82, 2.24) is 9.97 Å². The maximum atomic E-state index is 9.74. The predicted molar refractivity (Wildman–Crippen MR) is 88.6 cm³/mol. The summed E-state index contributed by atoms with van der Waals surface area (Å²) in [5.41, 5.74) is 1.48. The van der Waals surface area contributed by atoms with Gasteiger partial charge in [0.05, 0.1) is 12.0 Å². The summed E-state index contributed by atoms with van der Waals surface area (Å²) in [6, 6.07) is 9.33. The Hall–Kier alpha value is -2.02. The second kappa shape index (κ2) is 6.39. The quantitative estimate of drug-likeness (QED) is 0.674. The number of nitrogens with zero attached hydrogens (tertiary/aromatic N) is 2. The lowest BCUT2D eigenvalue weighted by atomic mass is 10.1. The Morgan fingerprint density at radius 2 is 2.14 bits per heavy atom. The minimum atomic E-state index is -0.875. The number of aromatic nitrogens is 2. The normalized spacial score (nSPS) is 12.5. The van der Waals surface area contributed by atoms with E-state index in [1.54, 1.807) is 17.4 Å². The molecule has 0 aliphatic rings. The third kappa shape index (κ3) is 2.94. The lowest BCUT2D eigenvalue weighted by Crippen LogP contribution is -2.04. The molecule has 0 amide bonds. The van der Waals surface area contributed by atoms with Crippen molar-refractivity contribution in [2.75, 3.05) is 11.9 Å². The van der Waals surface area contributed by atoms with Crippen LogP contribution in [0, 0.1) is 0 Å². The second-order valence-electron chi connectivity index (χ2n) is 4.93. The van der Waals surface area contributed by atoms with E-state index in [2.05, 4.69) is 15.3 Å². The fourth-order valence-corrected chi connectivity index (χ4v) is 3.00. The molecule has 22 heavy (non-hydrogen) atoms. The summed E-state index contributed by atoms with van der Waals surface area (Å²) in [4.78, 5) is 10.0. The van der Waals surface area contributed by atoms with E-state index in [9.17, 15) is 5.11 Å². The van der Waals surface area contributed by atoms with Crippen molar-refractivity contribution in [2.45, 2.75) is 19.4 Å². The first-order valence-electron chi connectivity index (χ1n) is 7.11. The summed E-state index contributed by atoms with van der Waals surface area (Å²) in [6.07, 6.45) is -0.106. The van der Waals surface area contributed by atoms with Gasteiger partial charge < -0.3 is 15.5 Å². The highest BCUT2D eigenvalue weighted by molar-refractivity contribution is 7.16. The zero-order valence-corrected chi connectivity index (χ0v) is 13.0. The zero-order valence-electron chi connectivity index (χ0n) is 12.2. The number of hydrogen-bond donors (Lipinski definition) is 3. The Balaban J connectivity index is 1.97. The Morgan fingerprint density at radius 3 is 2.91 bits per heavy atom. The topological polar surface area (TPSA) is 78.3 Å². The summed E-state index contributed by atoms with van der Waals surface area (Å²) in [7, 11) is 0. The van der Waals surface area contributed by atoms with Gasteiger partial charge in [0.15, 0.2) is 0 Å². The monoisotopic (exact) mass is 315 g/mol. The first-order valence-corrected chi connectivity index (χ1v) is 7.99. The minimum absolute atomic E-state index is 0.300. The second-order valence-corrected chi connectivity index (χ2v) is 5.82. The fraction of sp³-hybridized carbons (Fsp3) is 0.250. The van der Waals surface area contributed by atoms with E-state index >= 15 is 0 Å². The molecule has 5 nitrogen and oxygen atoms in total. The first kappa shape index (κ1) is 14.9. The van der Waals surface area contributed by atoms with Gasteiger partial charge in [-0.25, -0.2) is 9.97 Å². The number of aliphatic hydroxyl groups excluding tert-OH is 2. The number of benzene rings is 1. The van der Waals surface area contributed by atoms with Crippen LogP contribution < -0.4 is 5.32 Å². The number of hydrogen-bond acceptors (Lipinski definition) is 6. The summed E-state index contributed by atoms with van der Waals surface area (Å²) in [5.74, 6) is 1.56. The van der Waals surface area contributed by atoms with E-state index in [-0.39, 0.29) is 6.61 Å². The van der Waals surface area contributed by atoms with Gasteiger partial charge in [-0.1, -0.05) is 19.1 Å². The molecular formula is C16H17N3O2S. The molecule has 0 aliphatic carbocycles. The predicted octanol–water partition coefficient (Wildman–Crippen LogP) is 3.02. The SMILES string of the molecule is CCc1nc(Nc2cccc([C@@H](O)CO)c2)c2ccsc2n1. The molecule has 0 radical (unpaired) electrons. The van der Waals surface area contributed by atoms with Crippen molar-refractivity contribution in [3.8, 4) is 0 Å². The van der Waals surface area contributed by atoms with Gasteiger partial charge in [0.25, 0.3) is 0 Å². The molecule has 1 aromatic carbocycles. The maximum absolute atomic E-state index is 9.74. The van der Waals surface area contributed by atoms with Crippen LogP contribution in [0.2, 0.25) is 0 Å². The Labute approximate surface area is 132 Å². The lowest BCUT2D eigenvalue weighted by Gasteiger charge is -2.12. The average Bonchev–Trinajstić information content (AvgIpc) is 3.03. The highest BCUT2D eigenvalue weighted by atomic mass is 32.1. The number of nitrogens with one attached hydrogen (secondary N) is 1. The third-order valence-electron chi connectivity index (χ3n) is 3.39. The van der Waals surface area contributed by atoms with Gasteiger partial charge in [-0.2, -0.15) is 0 Å². The molecule has 3 N–H and O–H groups in total. The lowest BCUT2D eigenvalue weighted by molar-refractivity contribution is 0.0956. The number of thiophene rings is 1. The highest BCUT2D eigenvalue weighted by Gasteiger charge is 2.10. The number of aryl methyl sites for hydroxylation is 1. The molecule has 0 aliphatic heterocycles. The van der Waals surface area contributed by atoms with Crippen LogP contribution in [0.4, 0.5) is 11.5 Å². The van der Waals surface area contributed by atoms with Gasteiger partial charge in [-0.15, -0.1) is 11.3 Å². The van der Waals surface area contributed by atoms with E-state index in [0.29, 0.717) is 5.56 Å². The summed E-state index contributed by atoms with van der Waals surface area (Å²) >= 11 is 1.59. The average molecular weight is 315 g/mol. The molecule has 1 atom stereocenters. The first-order chi connectivity index (χ1) is 10.7. The number of rotatable bonds is 5. The van der Waals surface area contributed by atoms with Gasteiger partial charge in [-0.05, 0) is 29.1 Å². The number of anilines is 2. The van der Waals surface area contributed by atoms with Gasteiger partial charge >= 0.3 is 0 Å². The standard InChI is InChI=1S/C16H17N3O2S/c1-2-14-18-15(12-6-7-22-16(12)19-14)17-11-5-3-4-10(8-11)13(21)9-20/h3-8,13,20-21H,2,9H2,1H3,(H,17,18,19)/t13-/m0/s1. The largest absolute Gasteiger partial charge is 0.393 e. The number of aliphatic hydroxyl groups is 2. The van der Waals surface area contributed by atoms with Gasteiger partial charge in [-0.3, -0.25) is 0 Å². The molecule has 3 aromatic rings. The van der Waals surface area contributed by atoms with E-state index in [1.807, 2.05) is 36.6 Å². The van der Waals surface area contributed by atoms with E-state index in [4.69, 9.17) is 5.11 Å². The molecule has 6 heteroatoms. The molecular weight excluding hydrogens is 298 g/mol. The maximum Gasteiger partial charge on any atom is 0.142 e. The van der Waals surface area contributed by atoms with Crippen molar-refractivity contribution in [2.24, 2.45) is 0 Å². The zero-order chi connectivity index (χ0) is 15.5. The molecule has 3 rings (SSSR count). The van der Waals surface area contributed by atoms with Gasteiger partial charge in [0, 0.05) is 12.1 Å². The van der Waals surface area contributed by atoms with Crippen molar-refractivity contribution in [1.29, 1.82) is 0 Å². The van der Waals surface area contributed by atoms with Crippen LogP contribution in [0.25, 0.3) is 10.2 Å². The minimum Gasteiger partial charge on any atom is -0.393 e. The van der Waals surface area contributed by atoms with Gasteiger partial charge in [0.2, 0.25) is 0 Å². The van der Waals surface area contributed by atoms with Crippen LogP contribution in [-0.4, -0.2) is 26.8 Å². The summed E-state index contributed by atoms with van der Waals surface area (Å²) < 4.78 is 0. The summed E-state index contributed by atoms with van der Waals surface area (Å²) in [6.45, 7) is 1.72. The van der Waals surface area contributed by atoms with Gasteiger partial charge in [0.1, 0.15) is 22.6 Å². The van der Waals surface area contributed by atoms with Crippen LogP contribution >= 0.6 is 11.3 Å². The van der Waals surface area contributed by atoms with Crippen LogP contribution in [0.3, 0.4) is 0 Å². The van der Waals surface area contributed by atoms with Crippen LogP contribution in [0.15, 0.2) is 35.7 Å². The third-order valence-corrected chi connectivity index (χ3v) is 4.20. The van der Waals surface area contributed by atoms with Crippen molar-refractivity contribution in [3.05, 3.63) is 47.1 Å². The molecule has 0 bridgehead atoms. The Bertz CT molecular complexity index is 788. The Morgan fingerprint density at radius 1 is 1.27 bits per heavy atom. The van der Waals surface area contributed by atoms with Crippen molar-refractivity contribution in [3.63, 3.8) is 0 Å². The summed E-state index contributed by atoms with van der Waals surface area (Å²) in [5, 5.41) is 25.1. The molecule has 0 spiro atoms. The molecule has 2 heterocycles. The van der Waals surface area contributed by atoms with Crippen LogP contribution in [0.5, 0.6) is 0 Å². The molecule has 114 valence electrons. The van der Waals surface area contributed by atoms with Crippen molar-refractivity contribution >= 4 is 33.1 Å². The Kier molecular flexibility index (Phi) is 4.33. The smallest absolute Gasteiger partial charge is 0.142 e. The van der Waals surface area contributed by atoms with E-state index in [1.165, 1.54) is 0 Å². The van der Waals surface area contributed by atoms with Crippen LogP contribution in [-0.2, 0) is 6.42 Å². The number of fused-ring (bicyclic) bond motifs is 1. The highest BCUT2D eigenvalue weighted by Crippen LogP contribution is 2.28. The molecule has 2 aromatic heterocycles. The van der Waals surface area contributed by atoms with E-state index in [0.717, 1.165) is 34.0 Å². The molecule has 0 fully saturated rings.